The third kappa shape index (κ3) is 4.26. The summed E-state index contributed by atoms with van der Waals surface area (Å²) in [6, 6.07) is 34.9. The van der Waals surface area contributed by atoms with Gasteiger partial charge in [-0.15, -0.1) is 0 Å². The number of carbonyl (C=O) groups excluding carboxylic acids is 1. The highest BCUT2D eigenvalue weighted by atomic mass is 16.5. The Labute approximate surface area is 206 Å². The number of carbonyl (C=O) groups is 1. The normalized spacial score (nSPS) is 15.9. The quantitative estimate of drug-likeness (QED) is 0.328. The van der Waals surface area contributed by atoms with Gasteiger partial charge in [0, 0.05) is 37.1 Å². The van der Waals surface area contributed by atoms with Gasteiger partial charge in [0.2, 0.25) is 0 Å². The van der Waals surface area contributed by atoms with Crippen molar-refractivity contribution in [2.24, 2.45) is 0 Å². The summed E-state index contributed by atoms with van der Waals surface area (Å²) in [4.78, 5) is 15.1. The van der Waals surface area contributed by atoms with E-state index in [1.54, 1.807) is 0 Å². The largest absolute Gasteiger partial charge is 0.482 e. The predicted octanol–water partition coefficient (Wildman–Crippen LogP) is 7.10. The van der Waals surface area contributed by atoms with E-state index in [1.807, 2.05) is 53.4 Å². The van der Waals surface area contributed by atoms with Gasteiger partial charge in [0.1, 0.15) is 11.4 Å². The summed E-state index contributed by atoms with van der Waals surface area (Å²) in [6.07, 6.45) is 5.96. The van der Waals surface area contributed by atoms with Crippen molar-refractivity contribution in [1.29, 1.82) is 0 Å². The molecule has 6 rings (SSSR count). The Bertz CT molecular complexity index is 1370. The van der Waals surface area contributed by atoms with E-state index in [9.17, 15) is 4.79 Å². The van der Waals surface area contributed by atoms with Crippen molar-refractivity contribution < 1.29 is 9.53 Å². The molecular weight excluding hydrogens is 430 g/mol. The molecule has 4 aromatic rings. The molecule has 2 aliphatic rings. The number of hydrogen-bond donors (Lipinski definition) is 0. The molecule has 1 spiro atoms. The van der Waals surface area contributed by atoms with Crippen LogP contribution in [0.25, 0.3) is 28.3 Å². The summed E-state index contributed by atoms with van der Waals surface area (Å²) in [5.74, 6) is 1.01. The topological polar surface area (TPSA) is 29.5 Å². The van der Waals surface area contributed by atoms with Gasteiger partial charge in [0.05, 0.1) is 0 Å². The molecule has 1 amide bonds. The molecule has 0 bridgehead atoms. The van der Waals surface area contributed by atoms with Crippen LogP contribution in [0, 0.1) is 0 Å². The van der Waals surface area contributed by atoms with Crippen LogP contribution in [-0.4, -0.2) is 29.5 Å². The van der Waals surface area contributed by atoms with E-state index in [0.717, 1.165) is 40.8 Å². The van der Waals surface area contributed by atoms with E-state index < -0.39 is 0 Å². The lowest BCUT2D eigenvalue weighted by molar-refractivity contribution is 0.0329. The van der Waals surface area contributed by atoms with E-state index in [2.05, 4.69) is 66.7 Å². The first-order valence-electron chi connectivity index (χ1n) is 12.2. The first kappa shape index (κ1) is 21.4. The monoisotopic (exact) mass is 457 g/mol. The van der Waals surface area contributed by atoms with Gasteiger partial charge in [-0.3, -0.25) is 4.79 Å². The van der Waals surface area contributed by atoms with Gasteiger partial charge in [-0.1, -0.05) is 84.9 Å². The summed E-state index contributed by atoms with van der Waals surface area (Å²) in [5, 5.41) is 0. The zero-order chi connectivity index (χ0) is 23.7. The molecule has 35 heavy (non-hydrogen) atoms. The zero-order valence-electron chi connectivity index (χ0n) is 19.6. The predicted molar refractivity (Wildman–Crippen MR) is 141 cm³/mol. The molecule has 3 nitrogen and oxygen atoms in total. The zero-order valence-corrected chi connectivity index (χ0v) is 19.6. The molecule has 2 aliphatic heterocycles. The fraction of sp³-hybridized carbons (Fsp3) is 0.156. The second-order valence-corrected chi connectivity index (χ2v) is 9.35. The van der Waals surface area contributed by atoms with E-state index in [1.165, 1.54) is 11.1 Å². The Hall–Kier alpha value is -4.11. The Morgan fingerprint density at radius 3 is 1.91 bits per heavy atom. The van der Waals surface area contributed by atoms with Gasteiger partial charge in [-0.25, -0.2) is 0 Å². The molecule has 0 radical (unpaired) electrons. The maximum Gasteiger partial charge on any atom is 0.253 e. The van der Waals surface area contributed by atoms with Crippen LogP contribution >= 0.6 is 0 Å². The summed E-state index contributed by atoms with van der Waals surface area (Å²) in [6.45, 7) is 1.36. The first-order chi connectivity index (χ1) is 17.2. The number of hydrogen-bond acceptors (Lipinski definition) is 2. The van der Waals surface area contributed by atoms with Crippen LogP contribution in [0.3, 0.4) is 0 Å². The summed E-state index contributed by atoms with van der Waals surface area (Å²) in [5.41, 5.74) is 6.17. The van der Waals surface area contributed by atoms with Crippen molar-refractivity contribution in [2.45, 2.75) is 18.4 Å². The van der Waals surface area contributed by atoms with Crippen LogP contribution in [-0.2, 0) is 0 Å². The molecule has 0 N–H and O–H groups in total. The van der Waals surface area contributed by atoms with Gasteiger partial charge >= 0.3 is 0 Å². The molecule has 1 saturated heterocycles. The van der Waals surface area contributed by atoms with Crippen LogP contribution in [0.15, 0.2) is 109 Å². The molecule has 0 atom stereocenters. The maximum absolute atomic E-state index is 13.2. The number of piperidine rings is 1. The van der Waals surface area contributed by atoms with Crippen molar-refractivity contribution in [3.63, 3.8) is 0 Å². The van der Waals surface area contributed by atoms with Crippen molar-refractivity contribution in [1.82, 2.24) is 4.90 Å². The van der Waals surface area contributed by atoms with Crippen LogP contribution < -0.4 is 4.74 Å². The Kier molecular flexibility index (Phi) is 5.46. The Morgan fingerprint density at radius 1 is 0.686 bits per heavy atom. The minimum atomic E-state index is -0.338. The van der Waals surface area contributed by atoms with Crippen LogP contribution in [0.1, 0.15) is 28.8 Å². The highest BCUT2D eigenvalue weighted by molar-refractivity contribution is 5.94. The molecular formula is C32H27NO2. The Balaban J connectivity index is 1.12. The summed E-state index contributed by atoms with van der Waals surface area (Å²) >= 11 is 0. The maximum atomic E-state index is 13.2. The molecule has 4 aromatic carbocycles. The molecule has 1 fully saturated rings. The second-order valence-electron chi connectivity index (χ2n) is 9.35. The number of amides is 1. The van der Waals surface area contributed by atoms with Gasteiger partial charge < -0.3 is 9.64 Å². The molecule has 0 unspecified atom stereocenters. The average molecular weight is 458 g/mol. The van der Waals surface area contributed by atoms with Crippen LogP contribution in [0.2, 0.25) is 0 Å². The number of nitrogens with zero attached hydrogens (tertiary/aromatic N) is 1. The van der Waals surface area contributed by atoms with Crippen molar-refractivity contribution in [3.05, 3.63) is 120 Å². The minimum absolute atomic E-state index is 0.0900. The molecule has 172 valence electrons. The standard InChI is InChI=1S/C32H27NO2/c34-31(27-13-11-26(12-14-27)24-7-3-1-4-8-24)33-21-19-32(20-22-33)18-17-29-23-28(15-16-30(29)35-32)25-9-5-2-6-10-25/h1-18,23H,19-22H2. The molecule has 0 aliphatic carbocycles. The third-order valence-electron chi connectivity index (χ3n) is 7.13. The smallest absolute Gasteiger partial charge is 0.253 e. The van der Waals surface area contributed by atoms with E-state index >= 15 is 0 Å². The lowest BCUT2D eigenvalue weighted by atomic mass is 9.87. The van der Waals surface area contributed by atoms with Gasteiger partial charge in [0.25, 0.3) is 5.91 Å². The lowest BCUT2D eigenvalue weighted by Gasteiger charge is -2.42. The average Bonchev–Trinajstić information content (AvgIpc) is 2.94. The molecule has 0 aromatic heterocycles. The number of fused-ring (bicyclic) bond motifs is 1. The minimum Gasteiger partial charge on any atom is -0.482 e. The van der Waals surface area contributed by atoms with E-state index in [4.69, 9.17) is 4.74 Å². The summed E-state index contributed by atoms with van der Waals surface area (Å²) in [7, 11) is 0. The highest BCUT2D eigenvalue weighted by Crippen LogP contribution is 2.39. The number of likely N-dealkylation sites (tertiary alicyclic amines) is 1. The molecule has 0 saturated carbocycles. The number of ether oxygens (including phenoxy) is 1. The fourth-order valence-electron chi connectivity index (χ4n) is 5.05. The van der Waals surface area contributed by atoms with E-state index in [-0.39, 0.29) is 11.5 Å². The van der Waals surface area contributed by atoms with E-state index in [0.29, 0.717) is 13.1 Å². The van der Waals surface area contributed by atoms with Crippen molar-refractivity contribution >= 4 is 12.0 Å². The number of rotatable bonds is 3. The summed E-state index contributed by atoms with van der Waals surface area (Å²) < 4.78 is 6.52. The fourth-order valence-corrected chi connectivity index (χ4v) is 5.05. The lowest BCUT2D eigenvalue weighted by Crippen LogP contribution is -2.49. The van der Waals surface area contributed by atoms with Gasteiger partial charge in [0.15, 0.2) is 0 Å². The van der Waals surface area contributed by atoms with Gasteiger partial charge in [-0.2, -0.15) is 0 Å². The Morgan fingerprint density at radius 2 is 1.26 bits per heavy atom. The van der Waals surface area contributed by atoms with Gasteiger partial charge in [-0.05, 0) is 52.6 Å². The number of benzene rings is 4. The van der Waals surface area contributed by atoms with Crippen molar-refractivity contribution in [3.8, 4) is 28.0 Å². The first-order valence-corrected chi connectivity index (χ1v) is 12.2. The highest BCUT2D eigenvalue weighted by Gasteiger charge is 2.38. The van der Waals surface area contributed by atoms with Crippen molar-refractivity contribution in [2.75, 3.05) is 13.1 Å². The van der Waals surface area contributed by atoms with Crippen LogP contribution in [0.4, 0.5) is 0 Å². The van der Waals surface area contributed by atoms with Crippen LogP contribution in [0.5, 0.6) is 5.75 Å². The SMILES string of the molecule is O=C(c1ccc(-c2ccccc2)cc1)N1CCC2(C=Cc3cc(-c4ccccc4)ccc3O2)CC1. The second kappa shape index (κ2) is 8.92. The molecule has 2 heterocycles. The third-order valence-corrected chi connectivity index (χ3v) is 7.13. The molecule has 3 heteroatoms.